The van der Waals surface area contributed by atoms with Gasteiger partial charge in [-0.1, -0.05) is 0 Å². The highest BCUT2D eigenvalue weighted by Crippen LogP contribution is 2.29. The van der Waals surface area contributed by atoms with Crippen LogP contribution in [-0.2, 0) is 0 Å². The van der Waals surface area contributed by atoms with Crippen LogP contribution in [0.25, 0.3) is 0 Å². The third-order valence-electron chi connectivity index (χ3n) is 2.59. The maximum Gasteiger partial charge on any atom is 0.0939 e. The molecule has 0 amide bonds. The quantitative estimate of drug-likeness (QED) is 0.943. The van der Waals surface area contributed by atoms with Crippen LogP contribution in [-0.4, -0.2) is 21.8 Å². The van der Waals surface area contributed by atoms with E-state index < -0.39 is 0 Å². The summed E-state index contributed by atoms with van der Waals surface area (Å²) in [5.74, 6) is 0. The standard InChI is InChI=1S/C11H15BrN4S/c1-7(2)16-11(8(12)4-15-16)10(13-3)9-5-17-6-14-9/h4-7,10,13H,1-3H3. The number of thiazole rings is 1. The highest BCUT2D eigenvalue weighted by Gasteiger charge is 2.22. The van der Waals surface area contributed by atoms with E-state index in [0.29, 0.717) is 6.04 Å². The highest BCUT2D eigenvalue weighted by molar-refractivity contribution is 9.10. The fraction of sp³-hybridized carbons (Fsp3) is 0.455. The van der Waals surface area contributed by atoms with Gasteiger partial charge in [0.15, 0.2) is 0 Å². The molecule has 6 heteroatoms. The van der Waals surface area contributed by atoms with E-state index in [4.69, 9.17) is 0 Å². The lowest BCUT2D eigenvalue weighted by Gasteiger charge is -2.19. The van der Waals surface area contributed by atoms with Gasteiger partial charge in [0.2, 0.25) is 0 Å². The maximum absolute atomic E-state index is 4.40. The lowest BCUT2D eigenvalue weighted by atomic mass is 10.1. The van der Waals surface area contributed by atoms with Gasteiger partial charge in [0.05, 0.1) is 33.6 Å². The number of hydrogen-bond acceptors (Lipinski definition) is 4. The van der Waals surface area contributed by atoms with E-state index in [2.05, 4.69) is 50.6 Å². The van der Waals surface area contributed by atoms with E-state index in [1.165, 1.54) is 0 Å². The molecule has 2 aromatic rings. The fourth-order valence-electron chi connectivity index (χ4n) is 1.82. The van der Waals surface area contributed by atoms with Crippen LogP contribution in [0.5, 0.6) is 0 Å². The molecule has 1 unspecified atom stereocenters. The summed E-state index contributed by atoms with van der Waals surface area (Å²) in [5, 5.41) is 9.76. The van der Waals surface area contributed by atoms with Gasteiger partial charge < -0.3 is 5.32 Å². The molecule has 0 bridgehead atoms. The predicted octanol–water partition coefficient (Wildman–Crippen LogP) is 2.99. The number of halogens is 1. The fourth-order valence-corrected chi connectivity index (χ4v) is 2.90. The molecule has 0 saturated carbocycles. The van der Waals surface area contributed by atoms with Gasteiger partial charge in [-0.05, 0) is 36.8 Å². The Bertz CT molecular complexity index is 478. The summed E-state index contributed by atoms with van der Waals surface area (Å²) in [6, 6.07) is 0.395. The average molecular weight is 315 g/mol. The van der Waals surface area contributed by atoms with Crippen LogP contribution in [0, 0.1) is 0 Å². The van der Waals surface area contributed by atoms with Gasteiger partial charge in [-0.15, -0.1) is 11.3 Å². The lowest BCUT2D eigenvalue weighted by molar-refractivity contribution is 0.480. The summed E-state index contributed by atoms with van der Waals surface area (Å²) in [6.07, 6.45) is 1.84. The second-order valence-electron chi connectivity index (χ2n) is 4.05. The molecule has 92 valence electrons. The summed E-state index contributed by atoms with van der Waals surface area (Å²) in [4.78, 5) is 4.38. The van der Waals surface area contributed by atoms with Crippen LogP contribution in [0.15, 0.2) is 21.6 Å². The Balaban J connectivity index is 2.47. The Morgan fingerprint density at radius 3 is 2.76 bits per heavy atom. The molecule has 0 aliphatic heterocycles. The van der Waals surface area contributed by atoms with Crippen molar-refractivity contribution < 1.29 is 0 Å². The van der Waals surface area contributed by atoms with Crippen molar-refractivity contribution in [3.05, 3.63) is 32.9 Å². The Morgan fingerprint density at radius 2 is 2.24 bits per heavy atom. The molecule has 4 nitrogen and oxygen atoms in total. The van der Waals surface area contributed by atoms with Gasteiger partial charge in [-0.3, -0.25) is 4.68 Å². The topological polar surface area (TPSA) is 42.7 Å². The van der Waals surface area contributed by atoms with Crippen LogP contribution in [0.1, 0.15) is 37.3 Å². The van der Waals surface area contributed by atoms with Crippen molar-refractivity contribution in [3.63, 3.8) is 0 Å². The third-order valence-corrected chi connectivity index (χ3v) is 3.80. The Hall–Kier alpha value is -0.720. The summed E-state index contributed by atoms with van der Waals surface area (Å²) in [7, 11) is 1.94. The summed E-state index contributed by atoms with van der Waals surface area (Å²) >= 11 is 5.17. The first-order valence-corrected chi connectivity index (χ1v) is 7.17. The first-order chi connectivity index (χ1) is 8.15. The summed E-state index contributed by atoms with van der Waals surface area (Å²) < 4.78 is 3.03. The van der Waals surface area contributed by atoms with Crippen LogP contribution >= 0.6 is 27.3 Å². The maximum atomic E-state index is 4.40. The number of hydrogen-bond donors (Lipinski definition) is 1. The first kappa shape index (κ1) is 12.7. The first-order valence-electron chi connectivity index (χ1n) is 5.43. The Morgan fingerprint density at radius 1 is 1.47 bits per heavy atom. The van der Waals surface area contributed by atoms with Crippen molar-refractivity contribution >= 4 is 27.3 Å². The molecule has 0 saturated heterocycles. The molecule has 0 aromatic carbocycles. The van der Waals surface area contributed by atoms with Gasteiger partial charge >= 0.3 is 0 Å². The highest BCUT2D eigenvalue weighted by atomic mass is 79.9. The van der Waals surface area contributed by atoms with Crippen LogP contribution < -0.4 is 5.32 Å². The molecule has 1 atom stereocenters. The minimum absolute atomic E-state index is 0.0699. The summed E-state index contributed by atoms with van der Waals surface area (Å²) in [5.41, 5.74) is 4.00. The molecule has 1 N–H and O–H groups in total. The monoisotopic (exact) mass is 314 g/mol. The zero-order valence-electron chi connectivity index (χ0n) is 10.0. The third kappa shape index (κ3) is 2.43. The van der Waals surface area contributed by atoms with Gasteiger partial charge in [0.1, 0.15) is 0 Å². The van der Waals surface area contributed by atoms with Crippen LogP contribution in [0.3, 0.4) is 0 Å². The SMILES string of the molecule is CNC(c1cscn1)c1c(Br)cnn1C(C)C. The second-order valence-corrected chi connectivity index (χ2v) is 5.62. The Labute approximate surface area is 113 Å². The van der Waals surface area contributed by atoms with Crippen molar-refractivity contribution in [2.75, 3.05) is 7.05 Å². The zero-order valence-corrected chi connectivity index (χ0v) is 12.4. The molecule has 0 radical (unpaired) electrons. The van der Waals surface area contributed by atoms with Gasteiger partial charge in [-0.25, -0.2) is 4.98 Å². The predicted molar refractivity (Wildman–Crippen MR) is 73.3 cm³/mol. The van der Waals surface area contributed by atoms with Crippen molar-refractivity contribution in [1.29, 1.82) is 0 Å². The molecule has 2 rings (SSSR count). The normalized spacial score (nSPS) is 13.2. The van der Waals surface area contributed by atoms with E-state index in [9.17, 15) is 0 Å². The second kappa shape index (κ2) is 5.29. The molecule has 0 fully saturated rings. The van der Waals surface area contributed by atoms with Gasteiger partial charge in [0, 0.05) is 11.4 Å². The molecular formula is C11H15BrN4S. The van der Waals surface area contributed by atoms with Crippen LogP contribution in [0.4, 0.5) is 0 Å². The molecular weight excluding hydrogens is 300 g/mol. The smallest absolute Gasteiger partial charge is 0.0939 e. The molecule has 2 heterocycles. The van der Waals surface area contributed by atoms with Crippen LogP contribution in [0.2, 0.25) is 0 Å². The van der Waals surface area contributed by atoms with Crippen molar-refractivity contribution in [2.24, 2.45) is 0 Å². The van der Waals surface area contributed by atoms with E-state index in [1.54, 1.807) is 11.3 Å². The number of aromatic nitrogens is 3. The molecule has 0 spiro atoms. The molecule has 0 aliphatic carbocycles. The number of nitrogens with one attached hydrogen (secondary N) is 1. The minimum atomic E-state index is 0.0699. The van der Waals surface area contributed by atoms with Crippen molar-refractivity contribution in [2.45, 2.75) is 25.9 Å². The van der Waals surface area contributed by atoms with Crippen molar-refractivity contribution in [3.8, 4) is 0 Å². The van der Waals surface area contributed by atoms with E-state index in [0.717, 1.165) is 15.9 Å². The van der Waals surface area contributed by atoms with E-state index >= 15 is 0 Å². The van der Waals surface area contributed by atoms with Crippen molar-refractivity contribution in [1.82, 2.24) is 20.1 Å². The molecule has 2 aromatic heterocycles. The van der Waals surface area contributed by atoms with E-state index in [1.807, 2.05) is 23.4 Å². The summed E-state index contributed by atoms with van der Waals surface area (Å²) in [6.45, 7) is 4.24. The largest absolute Gasteiger partial charge is 0.307 e. The molecule has 17 heavy (non-hydrogen) atoms. The Kier molecular flexibility index (Phi) is 3.96. The number of rotatable bonds is 4. The van der Waals surface area contributed by atoms with Gasteiger partial charge in [0.25, 0.3) is 0 Å². The minimum Gasteiger partial charge on any atom is -0.307 e. The van der Waals surface area contributed by atoms with Gasteiger partial charge in [-0.2, -0.15) is 5.10 Å². The lowest BCUT2D eigenvalue weighted by Crippen LogP contribution is -2.23. The van der Waals surface area contributed by atoms with E-state index in [-0.39, 0.29) is 6.04 Å². The zero-order chi connectivity index (χ0) is 12.4. The molecule has 0 aliphatic rings. The number of nitrogens with zero attached hydrogens (tertiary/aromatic N) is 3. The average Bonchev–Trinajstić information content (AvgIpc) is 2.91.